The Morgan fingerprint density at radius 2 is 1.82 bits per heavy atom. The number of ketones is 1. The molecule has 2 bridgehead atoms. The van der Waals surface area contributed by atoms with Gasteiger partial charge >= 0.3 is 0 Å². The number of carbonyl (C=O) groups excluding carboxylic acids is 1. The number of hydrogen-bond acceptors (Lipinski definition) is 5. The van der Waals surface area contributed by atoms with Gasteiger partial charge in [0.25, 0.3) is 0 Å². The first kappa shape index (κ1) is 26.9. The molecule has 2 aromatic rings. The predicted octanol–water partition coefficient (Wildman–Crippen LogP) is 5.89. The number of halogens is 2. The highest BCUT2D eigenvalue weighted by atomic mass is 35.5. The Balaban J connectivity index is 1.22. The minimum Gasteiger partial charge on any atom is -0.366 e. The lowest BCUT2D eigenvalue weighted by atomic mass is 9.38. The van der Waals surface area contributed by atoms with Gasteiger partial charge in [-0.15, -0.1) is 0 Å². The molecule has 4 fully saturated rings. The van der Waals surface area contributed by atoms with Crippen molar-refractivity contribution in [2.24, 2.45) is 16.3 Å². The lowest BCUT2D eigenvalue weighted by molar-refractivity contribution is -0.151. The molecule has 5 aliphatic rings. The first-order valence-electron chi connectivity index (χ1n) is 13.9. The van der Waals surface area contributed by atoms with Crippen LogP contribution >= 0.6 is 11.6 Å². The van der Waals surface area contributed by atoms with E-state index in [0.717, 1.165) is 24.6 Å². The summed E-state index contributed by atoms with van der Waals surface area (Å²) in [6.45, 7) is 4.10. The molecular formula is C30H35ClFN3O3S. The molecule has 4 aliphatic carbocycles. The zero-order chi connectivity index (χ0) is 27.6. The summed E-state index contributed by atoms with van der Waals surface area (Å²) in [5.41, 5.74) is -0.753. The largest absolute Gasteiger partial charge is 0.366 e. The van der Waals surface area contributed by atoms with Crippen molar-refractivity contribution in [1.29, 1.82) is 0 Å². The lowest BCUT2D eigenvalue weighted by Crippen LogP contribution is -2.78. The summed E-state index contributed by atoms with van der Waals surface area (Å²) in [6, 6.07) is 12.4. The molecule has 7 rings (SSSR count). The molecular weight excluding hydrogens is 537 g/mol. The van der Waals surface area contributed by atoms with Crippen molar-refractivity contribution in [3.63, 3.8) is 0 Å². The van der Waals surface area contributed by atoms with Crippen LogP contribution in [-0.2, 0) is 21.4 Å². The van der Waals surface area contributed by atoms with E-state index in [1.54, 1.807) is 40.7 Å². The van der Waals surface area contributed by atoms with Crippen molar-refractivity contribution in [3.8, 4) is 0 Å². The standard InChI is InChI=1S/C30H35ClFN3O3S/c1-28(2)26(25(36)10-6-7-20-11-12-20)33-27(34-28)29-17-30(18-29,19-29)35(16-21-13-14-23(31)24(32)15-21)39(37,38)22-8-4-3-5-9-22/h3-5,8-9,13-15,20,26H,6-7,10-12,16-19H2,1-2H3,(H,33,34)/t26-,29?,30?/m0/s1. The highest BCUT2D eigenvalue weighted by Gasteiger charge is 2.75. The van der Waals surface area contributed by atoms with Gasteiger partial charge in [-0.2, -0.15) is 4.31 Å². The number of aliphatic imine (C=N–C) groups is 1. The highest BCUT2D eigenvalue weighted by Crippen LogP contribution is 2.71. The van der Waals surface area contributed by atoms with Crippen molar-refractivity contribution in [3.05, 3.63) is 64.9 Å². The number of rotatable bonds is 11. The predicted molar refractivity (Wildman–Crippen MR) is 150 cm³/mol. The molecule has 0 spiro atoms. The van der Waals surface area contributed by atoms with Gasteiger partial charge in [-0.05, 0) is 75.3 Å². The van der Waals surface area contributed by atoms with E-state index in [1.807, 2.05) is 13.8 Å². The number of hydrogen-bond donors (Lipinski definition) is 1. The second kappa shape index (κ2) is 9.38. The Hall–Kier alpha value is -2.29. The van der Waals surface area contributed by atoms with Gasteiger partial charge in [0, 0.05) is 23.9 Å². The third-order valence-electron chi connectivity index (χ3n) is 9.09. The van der Waals surface area contributed by atoms with Crippen molar-refractivity contribution >= 4 is 33.2 Å². The van der Waals surface area contributed by atoms with Crippen molar-refractivity contribution in [1.82, 2.24) is 9.62 Å². The quantitative estimate of drug-likeness (QED) is 0.365. The fraction of sp³-hybridized carbons (Fsp3) is 0.533. The Bertz CT molecular complexity index is 1420. The average molecular weight is 572 g/mol. The van der Waals surface area contributed by atoms with E-state index in [1.165, 1.54) is 25.0 Å². The van der Waals surface area contributed by atoms with Gasteiger partial charge in [0.15, 0.2) is 5.78 Å². The monoisotopic (exact) mass is 571 g/mol. The maximum atomic E-state index is 14.3. The Kier molecular flexibility index (Phi) is 6.47. The van der Waals surface area contributed by atoms with Crippen LogP contribution in [0, 0.1) is 17.2 Å². The van der Waals surface area contributed by atoms with Gasteiger partial charge < -0.3 is 5.32 Å². The van der Waals surface area contributed by atoms with Crippen LogP contribution in [0.1, 0.15) is 70.8 Å². The van der Waals surface area contributed by atoms with Gasteiger partial charge in [-0.25, -0.2) is 12.8 Å². The van der Waals surface area contributed by atoms with Gasteiger partial charge in [-0.3, -0.25) is 9.79 Å². The van der Waals surface area contributed by atoms with E-state index in [0.29, 0.717) is 31.2 Å². The van der Waals surface area contributed by atoms with Crippen LogP contribution in [0.15, 0.2) is 58.4 Å². The molecule has 1 N–H and O–H groups in total. The summed E-state index contributed by atoms with van der Waals surface area (Å²) in [5.74, 6) is 1.26. The summed E-state index contributed by atoms with van der Waals surface area (Å²) < 4.78 is 43.6. The molecule has 0 saturated heterocycles. The van der Waals surface area contributed by atoms with Gasteiger partial charge in [0.05, 0.1) is 15.5 Å². The molecule has 39 heavy (non-hydrogen) atoms. The zero-order valence-corrected chi connectivity index (χ0v) is 24.0. The van der Waals surface area contributed by atoms with Crippen LogP contribution in [0.25, 0.3) is 0 Å². The Labute approximate surface area is 235 Å². The number of amidine groups is 1. The summed E-state index contributed by atoms with van der Waals surface area (Å²) in [4.78, 5) is 18.2. The minimum absolute atomic E-state index is 0.00487. The maximum absolute atomic E-state index is 14.3. The topological polar surface area (TPSA) is 78.8 Å². The molecule has 1 aliphatic heterocycles. The maximum Gasteiger partial charge on any atom is 0.243 e. The number of Topliss-reactive ketones (excluding diaryl/α,β-unsaturated/α-hetero) is 1. The average Bonchev–Trinajstić information content (AvgIpc) is 3.61. The molecule has 0 aromatic heterocycles. The van der Waals surface area contributed by atoms with Crippen LogP contribution in [0.2, 0.25) is 5.02 Å². The molecule has 6 nitrogen and oxygen atoms in total. The molecule has 4 saturated carbocycles. The van der Waals surface area contributed by atoms with Crippen molar-refractivity contribution < 1.29 is 17.6 Å². The first-order chi connectivity index (χ1) is 18.4. The SMILES string of the molecule is CC1(C)NC(C23CC(N(Cc4ccc(Cl)c(F)c4)S(=O)(=O)c4ccccc4)(C2)C3)=N[C@H]1C(=O)CCCC1CC1. The summed E-state index contributed by atoms with van der Waals surface area (Å²) in [7, 11) is -3.85. The Morgan fingerprint density at radius 3 is 2.46 bits per heavy atom. The van der Waals surface area contributed by atoms with Crippen LogP contribution in [0.5, 0.6) is 0 Å². The molecule has 0 amide bonds. The fourth-order valence-electron chi connectivity index (χ4n) is 6.83. The third-order valence-corrected chi connectivity index (χ3v) is 11.4. The number of carbonyl (C=O) groups is 1. The fourth-order valence-corrected chi connectivity index (χ4v) is 8.73. The van der Waals surface area contributed by atoms with Gasteiger partial charge in [-0.1, -0.05) is 55.1 Å². The highest BCUT2D eigenvalue weighted by molar-refractivity contribution is 7.89. The van der Waals surface area contributed by atoms with Crippen LogP contribution in [-0.4, -0.2) is 41.5 Å². The van der Waals surface area contributed by atoms with E-state index in [-0.39, 0.29) is 27.7 Å². The molecule has 9 heteroatoms. The van der Waals surface area contributed by atoms with Gasteiger partial charge in [0.1, 0.15) is 17.7 Å². The number of nitrogens with one attached hydrogen (secondary N) is 1. The number of nitrogens with zero attached hydrogens (tertiary/aromatic N) is 2. The van der Waals surface area contributed by atoms with E-state index in [4.69, 9.17) is 16.6 Å². The van der Waals surface area contributed by atoms with Gasteiger partial charge in [0.2, 0.25) is 10.0 Å². The second-order valence-electron chi connectivity index (χ2n) is 12.6. The van der Waals surface area contributed by atoms with Crippen LogP contribution < -0.4 is 5.32 Å². The second-order valence-corrected chi connectivity index (χ2v) is 14.9. The lowest BCUT2D eigenvalue weighted by Gasteiger charge is -2.73. The van der Waals surface area contributed by atoms with Crippen molar-refractivity contribution in [2.75, 3.05) is 0 Å². The van der Waals surface area contributed by atoms with E-state index >= 15 is 0 Å². The van der Waals surface area contributed by atoms with E-state index < -0.39 is 33.0 Å². The molecule has 1 atom stereocenters. The molecule has 208 valence electrons. The summed E-state index contributed by atoms with van der Waals surface area (Å²) in [6.07, 6.45) is 7.04. The molecule has 0 unspecified atom stereocenters. The zero-order valence-electron chi connectivity index (χ0n) is 22.4. The third kappa shape index (κ3) is 4.72. The molecule has 1 heterocycles. The first-order valence-corrected chi connectivity index (χ1v) is 15.7. The van der Waals surface area contributed by atoms with E-state index in [9.17, 15) is 17.6 Å². The minimum atomic E-state index is -3.85. The smallest absolute Gasteiger partial charge is 0.243 e. The number of sulfonamides is 1. The Morgan fingerprint density at radius 1 is 1.13 bits per heavy atom. The van der Waals surface area contributed by atoms with Crippen molar-refractivity contribution in [2.45, 2.75) is 93.8 Å². The summed E-state index contributed by atoms with van der Waals surface area (Å²) in [5, 5.41) is 3.54. The van der Waals surface area contributed by atoms with E-state index in [2.05, 4.69) is 5.32 Å². The van der Waals surface area contributed by atoms with Crippen LogP contribution in [0.4, 0.5) is 4.39 Å². The normalized spacial score (nSPS) is 28.8. The molecule has 0 radical (unpaired) electrons. The molecule has 2 aromatic carbocycles. The van der Waals surface area contributed by atoms with Crippen LogP contribution in [0.3, 0.4) is 0 Å². The number of benzene rings is 2. The summed E-state index contributed by atoms with van der Waals surface area (Å²) >= 11 is 5.88.